The van der Waals surface area contributed by atoms with Crippen LogP contribution >= 0.6 is 0 Å². The van der Waals surface area contributed by atoms with E-state index in [0.29, 0.717) is 26.2 Å². The van der Waals surface area contributed by atoms with Gasteiger partial charge in [0, 0.05) is 32.6 Å². The number of aromatic nitrogens is 4. The maximum atomic E-state index is 13.9. The van der Waals surface area contributed by atoms with Gasteiger partial charge in [-0.3, -0.25) is 0 Å². The zero-order chi connectivity index (χ0) is 24.4. The maximum absolute atomic E-state index is 13.9. The van der Waals surface area contributed by atoms with Crippen LogP contribution in [-0.2, 0) is 6.42 Å². The second-order valence-corrected chi connectivity index (χ2v) is 8.63. The number of para-hydroxylation sites is 2. The summed E-state index contributed by atoms with van der Waals surface area (Å²) in [5, 5.41) is 8.40. The summed E-state index contributed by atoms with van der Waals surface area (Å²) >= 11 is 0. The van der Waals surface area contributed by atoms with Crippen molar-refractivity contribution in [2.75, 3.05) is 36.4 Å². The normalized spacial score (nSPS) is 13.9. The summed E-state index contributed by atoms with van der Waals surface area (Å²) in [6.07, 6.45) is 1.71. The number of carbonyl (C=O) groups excluding carboxylic acids is 1. The molecular formula is C26H28FN7O. The molecular weight excluding hydrogens is 445 g/mol. The molecule has 4 aromatic rings. The smallest absolute Gasteiger partial charge is 0.322 e. The number of fused-ring (bicyclic) bond motifs is 1. The molecule has 0 unspecified atom stereocenters. The zero-order valence-corrected chi connectivity index (χ0v) is 19.9. The van der Waals surface area contributed by atoms with Crippen LogP contribution in [0.4, 0.5) is 20.7 Å². The number of nitrogens with one attached hydrogen (secondary N) is 1. The van der Waals surface area contributed by atoms with Gasteiger partial charge in [0.15, 0.2) is 5.65 Å². The number of piperazine rings is 1. The van der Waals surface area contributed by atoms with Crippen molar-refractivity contribution in [2.45, 2.75) is 26.7 Å². The quantitative estimate of drug-likeness (QED) is 0.459. The molecule has 35 heavy (non-hydrogen) atoms. The van der Waals surface area contributed by atoms with Crippen molar-refractivity contribution in [2.24, 2.45) is 0 Å². The van der Waals surface area contributed by atoms with Crippen LogP contribution in [0.15, 0.2) is 54.6 Å². The number of rotatable bonds is 5. The molecule has 1 N–H and O–H groups in total. The van der Waals surface area contributed by atoms with Crippen LogP contribution in [0, 0.1) is 12.7 Å². The molecule has 2 aromatic heterocycles. The SMILES string of the molecule is CCCc1nc(N2CCN(C(=O)Nc3ccccc3F)CC2)c2c(C)nn(-c3ccccc3)c2n1. The number of hydrogen-bond acceptors (Lipinski definition) is 5. The van der Waals surface area contributed by atoms with E-state index in [1.807, 2.05) is 41.9 Å². The van der Waals surface area contributed by atoms with Gasteiger partial charge in [0.1, 0.15) is 17.5 Å². The van der Waals surface area contributed by atoms with Crippen LogP contribution in [0.1, 0.15) is 24.9 Å². The molecule has 0 spiro atoms. The molecule has 0 bridgehead atoms. The van der Waals surface area contributed by atoms with E-state index in [4.69, 9.17) is 15.1 Å². The second kappa shape index (κ2) is 9.69. The summed E-state index contributed by atoms with van der Waals surface area (Å²) in [5.41, 5.74) is 2.79. The Balaban J connectivity index is 1.41. The fourth-order valence-electron chi connectivity index (χ4n) is 4.40. The van der Waals surface area contributed by atoms with Gasteiger partial charge in [0.05, 0.1) is 22.5 Å². The number of hydrogen-bond donors (Lipinski definition) is 1. The third kappa shape index (κ3) is 4.53. The van der Waals surface area contributed by atoms with Gasteiger partial charge in [-0.2, -0.15) is 5.10 Å². The zero-order valence-electron chi connectivity index (χ0n) is 19.9. The molecule has 3 heterocycles. The largest absolute Gasteiger partial charge is 0.352 e. The van der Waals surface area contributed by atoms with Crippen molar-refractivity contribution in [3.8, 4) is 5.69 Å². The molecule has 1 saturated heterocycles. The van der Waals surface area contributed by atoms with E-state index in [2.05, 4.69) is 17.1 Å². The lowest BCUT2D eigenvalue weighted by Gasteiger charge is -2.35. The Kier molecular flexibility index (Phi) is 6.31. The standard InChI is InChI=1S/C26H28FN7O/c1-3-9-22-29-24(23-18(2)31-34(25(23)30-22)19-10-5-4-6-11-19)32-14-16-33(17-15-32)26(35)28-21-13-8-7-12-20(21)27/h4-8,10-13H,3,9,14-17H2,1-2H3,(H,28,35). The number of amides is 2. The number of carbonyl (C=O) groups is 1. The first-order chi connectivity index (χ1) is 17.0. The van der Waals surface area contributed by atoms with Gasteiger partial charge in [-0.05, 0) is 37.6 Å². The molecule has 1 aliphatic heterocycles. The van der Waals surface area contributed by atoms with Gasteiger partial charge >= 0.3 is 6.03 Å². The molecule has 5 rings (SSSR count). The fourth-order valence-corrected chi connectivity index (χ4v) is 4.40. The average Bonchev–Trinajstić information content (AvgIpc) is 3.22. The highest BCUT2D eigenvalue weighted by molar-refractivity contribution is 5.92. The van der Waals surface area contributed by atoms with Crippen LogP contribution in [0.3, 0.4) is 0 Å². The van der Waals surface area contributed by atoms with E-state index in [9.17, 15) is 9.18 Å². The first kappa shape index (κ1) is 22.8. The van der Waals surface area contributed by atoms with Gasteiger partial charge in [-0.25, -0.2) is 23.8 Å². The minimum atomic E-state index is -0.447. The Morgan fingerprint density at radius 2 is 1.71 bits per heavy atom. The first-order valence-corrected chi connectivity index (χ1v) is 11.9. The van der Waals surface area contributed by atoms with E-state index < -0.39 is 5.82 Å². The van der Waals surface area contributed by atoms with Crippen molar-refractivity contribution >= 4 is 28.6 Å². The van der Waals surface area contributed by atoms with E-state index in [1.165, 1.54) is 6.07 Å². The van der Waals surface area contributed by atoms with E-state index in [1.54, 1.807) is 23.1 Å². The van der Waals surface area contributed by atoms with Crippen molar-refractivity contribution in [3.63, 3.8) is 0 Å². The topological polar surface area (TPSA) is 79.2 Å². The second-order valence-electron chi connectivity index (χ2n) is 8.63. The van der Waals surface area contributed by atoms with Crippen LogP contribution in [0.2, 0.25) is 0 Å². The van der Waals surface area contributed by atoms with Crippen LogP contribution in [0.25, 0.3) is 16.7 Å². The molecule has 0 saturated carbocycles. The Labute approximate surface area is 203 Å². The molecule has 9 heteroatoms. The Bertz CT molecular complexity index is 1350. The predicted molar refractivity (Wildman–Crippen MR) is 135 cm³/mol. The van der Waals surface area contributed by atoms with Crippen molar-refractivity contribution in [1.29, 1.82) is 0 Å². The number of nitrogens with zero attached hydrogens (tertiary/aromatic N) is 6. The summed E-state index contributed by atoms with van der Waals surface area (Å²) in [5.74, 6) is 1.19. The third-order valence-electron chi connectivity index (χ3n) is 6.19. The van der Waals surface area contributed by atoms with Crippen LogP contribution in [-0.4, -0.2) is 56.9 Å². The Morgan fingerprint density at radius 1 is 1.00 bits per heavy atom. The third-order valence-corrected chi connectivity index (χ3v) is 6.19. The number of anilines is 2. The van der Waals surface area contributed by atoms with Crippen molar-refractivity contribution < 1.29 is 9.18 Å². The number of urea groups is 1. The molecule has 0 radical (unpaired) electrons. The predicted octanol–water partition coefficient (Wildman–Crippen LogP) is 4.57. The molecule has 8 nitrogen and oxygen atoms in total. The van der Waals surface area contributed by atoms with Gasteiger partial charge in [0.2, 0.25) is 0 Å². The number of benzene rings is 2. The lowest BCUT2D eigenvalue weighted by molar-refractivity contribution is 0.208. The molecule has 0 atom stereocenters. The molecule has 1 aliphatic rings. The van der Waals surface area contributed by atoms with Crippen LogP contribution in [0.5, 0.6) is 0 Å². The van der Waals surface area contributed by atoms with E-state index in [0.717, 1.165) is 46.9 Å². The first-order valence-electron chi connectivity index (χ1n) is 11.9. The highest BCUT2D eigenvalue weighted by Crippen LogP contribution is 2.30. The lowest BCUT2D eigenvalue weighted by Crippen LogP contribution is -2.50. The average molecular weight is 474 g/mol. The van der Waals surface area contributed by atoms with Crippen molar-refractivity contribution in [3.05, 3.63) is 71.9 Å². The van der Waals surface area contributed by atoms with Gasteiger partial charge in [0.25, 0.3) is 0 Å². The number of halogens is 1. The molecule has 180 valence electrons. The van der Waals surface area contributed by atoms with Crippen molar-refractivity contribution in [1.82, 2.24) is 24.6 Å². The summed E-state index contributed by atoms with van der Waals surface area (Å²) in [7, 11) is 0. The molecule has 1 fully saturated rings. The van der Waals surface area contributed by atoms with Gasteiger partial charge < -0.3 is 15.1 Å². The summed E-state index contributed by atoms with van der Waals surface area (Å²) in [6, 6.07) is 15.9. The van der Waals surface area contributed by atoms with E-state index in [-0.39, 0.29) is 11.7 Å². The minimum absolute atomic E-state index is 0.186. The highest BCUT2D eigenvalue weighted by atomic mass is 19.1. The fraction of sp³-hybridized carbons (Fsp3) is 0.308. The summed E-state index contributed by atoms with van der Waals surface area (Å²) < 4.78 is 15.8. The van der Waals surface area contributed by atoms with E-state index >= 15 is 0 Å². The number of aryl methyl sites for hydroxylation is 2. The molecule has 2 amide bonds. The molecule has 2 aromatic carbocycles. The molecule has 0 aliphatic carbocycles. The monoisotopic (exact) mass is 473 g/mol. The van der Waals surface area contributed by atoms with Gasteiger partial charge in [-0.15, -0.1) is 0 Å². The summed E-state index contributed by atoms with van der Waals surface area (Å²) in [6.45, 7) is 6.31. The maximum Gasteiger partial charge on any atom is 0.322 e. The summed E-state index contributed by atoms with van der Waals surface area (Å²) in [4.78, 5) is 26.4. The Morgan fingerprint density at radius 3 is 2.43 bits per heavy atom. The Hall–Kier alpha value is -4.01. The lowest BCUT2D eigenvalue weighted by atomic mass is 10.2. The minimum Gasteiger partial charge on any atom is -0.352 e. The highest BCUT2D eigenvalue weighted by Gasteiger charge is 2.26. The van der Waals surface area contributed by atoms with Gasteiger partial charge in [-0.1, -0.05) is 37.3 Å². The van der Waals surface area contributed by atoms with Crippen LogP contribution < -0.4 is 10.2 Å².